The number of halogens is 2. The maximum atomic E-state index is 13.9. The maximum absolute atomic E-state index is 13.9. The Morgan fingerprint density at radius 1 is 0.966 bits per heavy atom. The molecule has 0 saturated carbocycles. The molecule has 0 bridgehead atoms. The third-order valence-electron chi connectivity index (χ3n) is 4.54. The molecule has 29 heavy (non-hydrogen) atoms. The van der Waals surface area contributed by atoms with Crippen LogP contribution in [0.15, 0.2) is 72.9 Å². The van der Waals surface area contributed by atoms with Gasteiger partial charge in [-0.2, -0.15) is 5.10 Å². The van der Waals surface area contributed by atoms with Crippen molar-refractivity contribution >= 4 is 17.3 Å². The molecule has 7 heteroatoms. The van der Waals surface area contributed by atoms with Gasteiger partial charge in [-0.25, -0.2) is 9.07 Å². The normalized spacial score (nSPS) is 10.8. The van der Waals surface area contributed by atoms with E-state index in [4.69, 9.17) is 11.6 Å². The standard InChI is InChI=1S/C22H17ClFN3O2/c23-16-6-2-4-8-20(16)27-19(9-10-26-27)15-11-18(22(29)12-21(15)28)25-13-14-5-1-3-7-17(14)24/h1-12,25,28-29H,13H2. The van der Waals surface area contributed by atoms with Crippen LogP contribution in [-0.2, 0) is 6.54 Å². The lowest BCUT2D eigenvalue weighted by molar-refractivity contribution is 0.452. The van der Waals surface area contributed by atoms with Crippen molar-refractivity contribution in [1.29, 1.82) is 0 Å². The summed E-state index contributed by atoms with van der Waals surface area (Å²) in [6.07, 6.45) is 1.59. The largest absolute Gasteiger partial charge is 0.507 e. The highest BCUT2D eigenvalue weighted by molar-refractivity contribution is 6.32. The van der Waals surface area contributed by atoms with Crippen molar-refractivity contribution in [2.24, 2.45) is 0 Å². The van der Waals surface area contributed by atoms with Gasteiger partial charge in [0.1, 0.15) is 17.3 Å². The Morgan fingerprint density at radius 2 is 1.72 bits per heavy atom. The zero-order valence-corrected chi connectivity index (χ0v) is 15.9. The van der Waals surface area contributed by atoms with E-state index < -0.39 is 0 Å². The summed E-state index contributed by atoms with van der Waals surface area (Å²) >= 11 is 6.29. The highest BCUT2D eigenvalue weighted by Gasteiger charge is 2.16. The monoisotopic (exact) mass is 409 g/mol. The SMILES string of the molecule is Oc1cc(O)c(-c2ccnn2-c2ccccc2Cl)cc1NCc1ccccc1F. The molecule has 0 aliphatic carbocycles. The predicted molar refractivity (Wildman–Crippen MR) is 111 cm³/mol. The van der Waals surface area contributed by atoms with E-state index in [1.807, 2.05) is 18.2 Å². The number of nitrogens with zero attached hydrogens (tertiary/aromatic N) is 2. The van der Waals surface area contributed by atoms with Crippen LogP contribution in [0.25, 0.3) is 16.9 Å². The van der Waals surface area contributed by atoms with Crippen LogP contribution in [0.4, 0.5) is 10.1 Å². The van der Waals surface area contributed by atoms with Gasteiger partial charge >= 0.3 is 0 Å². The second kappa shape index (κ2) is 7.85. The molecule has 1 heterocycles. The molecule has 0 amide bonds. The topological polar surface area (TPSA) is 70.3 Å². The van der Waals surface area contributed by atoms with Gasteiger partial charge in [-0.15, -0.1) is 0 Å². The van der Waals surface area contributed by atoms with E-state index in [1.54, 1.807) is 47.3 Å². The summed E-state index contributed by atoms with van der Waals surface area (Å²) in [5.74, 6) is -0.602. The van der Waals surface area contributed by atoms with Crippen LogP contribution in [-0.4, -0.2) is 20.0 Å². The lowest BCUT2D eigenvalue weighted by Crippen LogP contribution is -2.03. The first-order chi connectivity index (χ1) is 14.0. The quantitative estimate of drug-likeness (QED) is 0.307. The Morgan fingerprint density at radius 3 is 2.52 bits per heavy atom. The molecule has 0 spiro atoms. The molecule has 4 rings (SSSR count). The summed E-state index contributed by atoms with van der Waals surface area (Å²) < 4.78 is 15.5. The van der Waals surface area contributed by atoms with E-state index in [-0.39, 0.29) is 23.9 Å². The summed E-state index contributed by atoms with van der Waals surface area (Å²) in [4.78, 5) is 0. The number of nitrogens with one attached hydrogen (secondary N) is 1. The highest BCUT2D eigenvalue weighted by Crippen LogP contribution is 2.39. The second-order valence-electron chi connectivity index (χ2n) is 6.41. The van der Waals surface area contributed by atoms with E-state index in [0.29, 0.717) is 33.2 Å². The first kappa shape index (κ1) is 18.8. The van der Waals surface area contributed by atoms with Crippen LogP contribution in [0.3, 0.4) is 0 Å². The number of hydrogen-bond acceptors (Lipinski definition) is 4. The minimum atomic E-state index is -0.338. The molecular weight excluding hydrogens is 393 g/mol. The molecule has 0 fully saturated rings. The summed E-state index contributed by atoms with van der Waals surface area (Å²) in [5, 5.41) is 28.5. The number of benzene rings is 3. The lowest BCUT2D eigenvalue weighted by Gasteiger charge is -2.14. The van der Waals surface area contributed by atoms with E-state index >= 15 is 0 Å². The Kier molecular flexibility index (Phi) is 5.10. The summed E-state index contributed by atoms with van der Waals surface area (Å²) in [7, 11) is 0. The number of hydrogen-bond donors (Lipinski definition) is 3. The summed E-state index contributed by atoms with van der Waals surface area (Å²) in [6, 6.07) is 18.2. The molecule has 0 atom stereocenters. The lowest BCUT2D eigenvalue weighted by atomic mass is 10.1. The van der Waals surface area contributed by atoms with Crippen LogP contribution in [0, 0.1) is 5.82 Å². The molecule has 4 aromatic rings. The van der Waals surface area contributed by atoms with E-state index in [1.165, 1.54) is 12.1 Å². The fourth-order valence-corrected chi connectivity index (χ4v) is 3.29. The average Bonchev–Trinajstić information content (AvgIpc) is 3.18. The minimum Gasteiger partial charge on any atom is -0.507 e. The van der Waals surface area contributed by atoms with Gasteiger partial charge in [0.2, 0.25) is 0 Å². The molecule has 5 nitrogen and oxygen atoms in total. The maximum Gasteiger partial charge on any atom is 0.142 e. The molecule has 0 saturated heterocycles. The number of phenols is 2. The molecule has 3 N–H and O–H groups in total. The van der Waals surface area contributed by atoms with Crippen molar-refractivity contribution in [1.82, 2.24) is 9.78 Å². The van der Waals surface area contributed by atoms with Gasteiger partial charge < -0.3 is 15.5 Å². The van der Waals surface area contributed by atoms with Crippen molar-refractivity contribution in [3.63, 3.8) is 0 Å². The molecule has 0 aliphatic rings. The molecule has 0 radical (unpaired) electrons. The van der Waals surface area contributed by atoms with Crippen LogP contribution in [0.5, 0.6) is 11.5 Å². The van der Waals surface area contributed by atoms with Gasteiger partial charge in [-0.3, -0.25) is 0 Å². The number of anilines is 1. The second-order valence-corrected chi connectivity index (χ2v) is 6.82. The summed E-state index contributed by atoms with van der Waals surface area (Å²) in [5.41, 5.74) is 2.50. The average molecular weight is 410 g/mol. The van der Waals surface area contributed by atoms with Gasteiger partial charge in [0.05, 0.1) is 28.3 Å². The molecule has 0 unspecified atom stereocenters. The van der Waals surface area contributed by atoms with Crippen molar-refractivity contribution in [3.8, 4) is 28.4 Å². The molecule has 146 valence electrons. The molecule has 1 aromatic heterocycles. The van der Waals surface area contributed by atoms with Crippen molar-refractivity contribution < 1.29 is 14.6 Å². The number of rotatable bonds is 5. The van der Waals surface area contributed by atoms with Crippen LogP contribution < -0.4 is 5.32 Å². The van der Waals surface area contributed by atoms with Gasteiger partial charge in [0, 0.05) is 23.7 Å². The summed E-state index contributed by atoms with van der Waals surface area (Å²) in [6.45, 7) is 0.175. The molecular formula is C22H17ClFN3O2. The van der Waals surface area contributed by atoms with E-state index in [9.17, 15) is 14.6 Å². The van der Waals surface area contributed by atoms with Crippen LogP contribution in [0.1, 0.15) is 5.56 Å². The van der Waals surface area contributed by atoms with Crippen LogP contribution >= 0.6 is 11.6 Å². The Balaban J connectivity index is 1.71. The van der Waals surface area contributed by atoms with Crippen molar-refractivity contribution in [2.45, 2.75) is 6.54 Å². The minimum absolute atomic E-state index is 0.118. The number of aromatic hydroxyl groups is 2. The van der Waals surface area contributed by atoms with E-state index in [2.05, 4.69) is 10.4 Å². The predicted octanol–water partition coefficient (Wildman–Crippen LogP) is 5.36. The first-order valence-electron chi connectivity index (χ1n) is 8.87. The zero-order valence-electron chi connectivity index (χ0n) is 15.2. The fraction of sp³-hybridized carbons (Fsp3) is 0.0455. The third-order valence-corrected chi connectivity index (χ3v) is 4.86. The first-order valence-corrected chi connectivity index (χ1v) is 9.25. The van der Waals surface area contributed by atoms with Gasteiger partial charge in [-0.05, 0) is 30.3 Å². The zero-order chi connectivity index (χ0) is 20.4. The van der Waals surface area contributed by atoms with Crippen molar-refractivity contribution in [3.05, 3.63) is 89.3 Å². The number of para-hydroxylation sites is 1. The van der Waals surface area contributed by atoms with Gasteiger partial charge in [0.15, 0.2) is 0 Å². The molecule has 0 aliphatic heterocycles. The van der Waals surface area contributed by atoms with Gasteiger partial charge in [0.25, 0.3) is 0 Å². The van der Waals surface area contributed by atoms with Crippen LogP contribution in [0.2, 0.25) is 5.02 Å². The smallest absolute Gasteiger partial charge is 0.142 e. The van der Waals surface area contributed by atoms with E-state index in [0.717, 1.165) is 0 Å². The van der Waals surface area contributed by atoms with Gasteiger partial charge in [-0.1, -0.05) is 41.9 Å². The van der Waals surface area contributed by atoms with Crippen molar-refractivity contribution in [2.75, 3.05) is 5.32 Å². The molecule has 3 aromatic carbocycles. The fourth-order valence-electron chi connectivity index (χ4n) is 3.08. The number of phenolic OH excluding ortho intramolecular Hbond substituents is 2. The number of aromatic nitrogens is 2. The Bertz CT molecular complexity index is 1180. The highest BCUT2D eigenvalue weighted by atomic mass is 35.5. The Hall–Kier alpha value is -3.51. The Labute approximate surface area is 171 Å². The third kappa shape index (κ3) is 3.75.